The molecule has 2 rings (SSSR count). The van der Waals surface area contributed by atoms with Crippen LogP contribution in [0.4, 0.5) is 0 Å². The van der Waals surface area contributed by atoms with Gasteiger partial charge in [-0.05, 0) is 36.0 Å². The SMILES string of the molecule is CN=C(NCCCC(C)(C)C)NCc1ccc2c(c1)OCO2.I. The molecule has 1 aliphatic rings. The summed E-state index contributed by atoms with van der Waals surface area (Å²) in [6, 6.07) is 5.98. The molecular weight excluding hydrogens is 405 g/mol. The minimum atomic E-state index is 0. The van der Waals surface area contributed by atoms with Crippen LogP contribution in [0.1, 0.15) is 39.2 Å². The number of hydrogen-bond donors (Lipinski definition) is 2. The molecule has 1 aromatic rings. The summed E-state index contributed by atoms with van der Waals surface area (Å²) in [4.78, 5) is 4.25. The van der Waals surface area contributed by atoms with Crippen LogP contribution in [0.15, 0.2) is 23.2 Å². The summed E-state index contributed by atoms with van der Waals surface area (Å²) in [7, 11) is 1.79. The lowest BCUT2D eigenvalue weighted by molar-refractivity contribution is 0.174. The van der Waals surface area contributed by atoms with E-state index in [2.05, 4.69) is 36.4 Å². The van der Waals surface area contributed by atoms with Gasteiger partial charge in [0, 0.05) is 20.1 Å². The Hall–Kier alpha value is -1.18. The van der Waals surface area contributed by atoms with Crippen LogP contribution in [0.5, 0.6) is 11.5 Å². The van der Waals surface area contributed by atoms with E-state index in [0.717, 1.165) is 36.0 Å². The average molecular weight is 433 g/mol. The number of ether oxygens (including phenoxy) is 2. The lowest BCUT2D eigenvalue weighted by Gasteiger charge is -2.18. The van der Waals surface area contributed by atoms with Crippen molar-refractivity contribution < 1.29 is 9.47 Å². The van der Waals surface area contributed by atoms with Crippen molar-refractivity contribution in [2.24, 2.45) is 10.4 Å². The highest BCUT2D eigenvalue weighted by Gasteiger charge is 2.13. The average Bonchev–Trinajstić information content (AvgIpc) is 2.93. The van der Waals surface area contributed by atoms with Crippen molar-refractivity contribution in [2.75, 3.05) is 20.4 Å². The Morgan fingerprint density at radius 1 is 1.17 bits per heavy atom. The minimum absolute atomic E-state index is 0. The van der Waals surface area contributed by atoms with Crippen molar-refractivity contribution in [3.8, 4) is 11.5 Å². The van der Waals surface area contributed by atoms with Crippen molar-refractivity contribution in [3.05, 3.63) is 23.8 Å². The molecule has 0 saturated carbocycles. The number of rotatable bonds is 5. The minimum Gasteiger partial charge on any atom is -0.454 e. The Kier molecular flexibility index (Phi) is 7.94. The van der Waals surface area contributed by atoms with Crippen LogP contribution in [0.2, 0.25) is 0 Å². The number of halogens is 1. The molecule has 2 N–H and O–H groups in total. The number of fused-ring (bicyclic) bond motifs is 1. The normalized spacial score (nSPS) is 13.5. The molecule has 0 spiro atoms. The first-order chi connectivity index (χ1) is 10.5. The second kappa shape index (κ2) is 9.20. The molecule has 1 aliphatic heterocycles. The van der Waals surface area contributed by atoms with Crippen molar-refractivity contribution >= 4 is 29.9 Å². The van der Waals surface area contributed by atoms with Gasteiger partial charge in [-0.15, -0.1) is 24.0 Å². The molecule has 0 saturated heterocycles. The van der Waals surface area contributed by atoms with E-state index >= 15 is 0 Å². The molecule has 6 heteroatoms. The fourth-order valence-electron chi connectivity index (χ4n) is 2.28. The molecule has 0 atom stereocenters. The maximum Gasteiger partial charge on any atom is 0.231 e. The fraction of sp³-hybridized carbons (Fsp3) is 0.588. The Morgan fingerprint density at radius 3 is 2.61 bits per heavy atom. The first-order valence-electron chi connectivity index (χ1n) is 7.81. The Balaban J connectivity index is 0.00000264. The lowest BCUT2D eigenvalue weighted by Crippen LogP contribution is -2.37. The smallest absolute Gasteiger partial charge is 0.231 e. The van der Waals surface area contributed by atoms with Crippen LogP contribution < -0.4 is 20.1 Å². The van der Waals surface area contributed by atoms with Crippen LogP contribution in [0.3, 0.4) is 0 Å². The molecule has 0 radical (unpaired) electrons. The highest BCUT2D eigenvalue weighted by atomic mass is 127. The van der Waals surface area contributed by atoms with Gasteiger partial charge in [-0.3, -0.25) is 4.99 Å². The summed E-state index contributed by atoms with van der Waals surface area (Å²) >= 11 is 0. The maximum atomic E-state index is 5.39. The van der Waals surface area contributed by atoms with Gasteiger partial charge in [0.15, 0.2) is 17.5 Å². The van der Waals surface area contributed by atoms with E-state index in [1.54, 1.807) is 7.05 Å². The zero-order chi connectivity index (χ0) is 16.0. The van der Waals surface area contributed by atoms with Crippen molar-refractivity contribution in [3.63, 3.8) is 0 Å². The van der Waals surface area contributed by atoms with Gasteiger partial charge < -0.3 is 20.1 Å². The molecule has 0 unspecified atom stereocenters. The van der Waals surface area contributed by atoms with Gasteiger partial charge in [0.25, 0.3) is 0 Å². The Morgan fingerprint density at radius 2 is 1.91 bits per heavy atom. The van der Waals surface area contributed by atoms with Crippen molar-refractivity contribution in [1.29, 1.82) is 0 Å². The second-order valence-corrected chi connectivity index (χ2v) is 6.70. The maximum absolute atomic E-state index is 5.39. The number of guanidine groups is 1. The van der Waals surface area contributed by atoms with Crippen LogP contribution in [0.25, 0.3) is 0 Å². The zero-order valence-electron chi connectivity index (χ0n) is 14.4. The summed E-state index contributed by atoms with van der Waals surface area (Å²) in [5.41, 5.74) is 1.52. The fourth-order valence-corrected chi connectivity index (χ4v) is 2.28. The van der Waals surface area contributed by atoms with Crippen LogP contribution in [0, 0.1) is 5.41 Å². The van der Waals surface area contributed by atoms with E-state index in [4.69, 9.17) is 9.47 Å². The number of nitrogens with zero attached hydrogens (tertiary/aromatic N) is 1. The molecule has 0 aromatic heterocycles. The van der Waals surface area contributed by atoms with Crippen LogP contribution in [-0.4, -0.2) is 26.3 Å². The van der Waals surface area contributed by atoms with Crippen LogP contribution >= 0.6 is 24.0 Å². The second-order valence-electron chi connectivity index (χ2n) is 6.70. The van der Waals surface area contributed by atoms with Crippen molar-refractivity contribution in [2.45, 2.75) is 40.2 Å². The Bertz CT molecular complexity index is 527. The van der Waals surface area contributed by atoms with Gasteiger partial charge >= 0.3 is 0 Å². The van der Waals surface area contributed by atoms with E-state index in [0.29, 0.717) is 18.8 Å². The summed E-state index contributed by atoms with van der Waals surface area (Å²) in [5.74, 6) is 2.45. The molecule has 130 valence electrons. The van der Waals surface area contributed by atoms with Gasteiger partial charge in [0.05, 0.1) is 0 Å². The predicted octanol–water partition coefficient (Wildman–Crippen LogP) is 3.52. The van der Waals surface area contributed by atoms with Gasteiger partial charge in [0.2, 0.25) is 6.79 Å². The number of nitrogens with one attached hydrogen (secondary N) is 2. The topological polar surface area (TPSA) is 54.9 Å². The molecule has 0 amide bonds. The third kappa shape index (κ3) is 6.85. The quantitative estimate of drug-likeness (QED) is 0.323. The van der Waals surface area contributed by atoms with Crippen molar-refractivity contribution in [1.82, 2.24) is 10.6 Å². The molecule has 0 bridgehead atoms. The highest BCUT2D eigenvalue weighted by Crippen LogP contribution is 2.32. The van der Waals surface area contributed by atoms with Gasteiger partial charge in [-0.25, -0.2) is 0 Å². The Labute approximate surface area is 156 Å². The monoisotopic (exact) mass is 433 g/mol. The molecular formula is C17H28IN3O2. The van der Waals surface area contributed by atoms with Gasteiger partial charge in [-0.1, -0.05) is 26.8 Å². The van der Waals surface area contributed by atoms with E-state index < -0.39 is 0 Å². The van der Waals surface area contributed by atoms with E-state index in [1.165, 1.54) is 6.42 Å². The summed E-state index contributed by atoms with van der Waals surface area (Å²) in [6.07, 6.45) is 2.33. The lowest BCUT2D eigenvalue weighted by atomic mass is 9.91. The first-order valence-corrected chi connectivity index (χ1v) is 7.81. The van der Waals surface area contributed by atoms with E-state index in [-0.39, 0.29) is 24.0 Å². The molecule has 0 fully saturated rings. The molecule has 0 aliphatic carbocycles. The third-order valence-corrected chi connectivity index (χ3v) is 3.52. The molecule has 5 nitrogen and oxygen atoms in total. The summed E-state index contributed by atoms with van der Waals surface area (Å²) in [5, 5.41) is 6.66. The number of benzene rings is 1. The predicted molar refractivity (Wildman–Crippen MR) is 105 cm³/mol. The summed E-state index contributed by atoms with van der Waals surface area (Å²) < 4.78 is 10.7. The number of aliphatic imine (C=N–C) groups is 1. The standard InChI is InChI=1S/C17H27N3O2.HI/c1-17(2,3)8-5-9-19-16(18-4)20-11-13-6-7-14-15(10-13)22-12-21-14;/h6-7,10H,5,8-9,11-12H2,1-4H3,(H2,18,19,20);1H. The summed E-state index contributed by atoms with van der Waals surface area (Å²) in [6.45, 7) is 8.73. The highest BCUT2D eigenvalue weighted by molar-refractivity contribution is 14.0. The third-order valence-electron chi connectivity index (χ3n) is 3.52. The van der Waals surface area contributed by atoms with Gasteiger partial charge in [0.1, 0.15) is 0 Å². The van der Waals surface area contributed by atoms with E-state index in [9.17, 15) is 0 Å². The van der Waals surface area contributed by atoms with Gasteiger partial charge in [-0.2, -0.15) is 0 Å². The number of hydrogen-bond acceptors (Lipinski definition) is 3. The first kappa shape index (κ1) is 19.9. The van der Waals surface area contributed by atoms with Crippen LogP contribution in [-0.2, 0) is 6.54 Å². The molecule has 1 aromatic carbocycles. The zero-order valence-corrected chi connectivity index (χ0v) is 16.8. The largest absolute Gasteiger partial charge is 0.454 e. The molecule has 1 heterocycles. The molecule has 23 heavy (non-hydrogen) atoms. The van der Waals surface area contributed by atoms with E-state index in [1.807, 2.05) is 18.2 Å².